The van der Waals surface area contributed by atoms with E-state index in [1.54, 1.807) is 6.07 Å². The van der Waals surface area contributed by atoms with Crippen LogP contribution >= 0.6 is 0 Å². The van der Waals surface area contributed by atoms with Gasteiger partial charge in [-0.05, 0) is 56.4 Å². The van der Waals surface area contributed by atoms with Gasteiger partial charge in [0.15, 0.2) is 0 Å². The van der Waals surface area contributed by atoms with Crippen LogP contribution in [-0.4, -0.2) is 31.0 Å². The molecule has 1 aliphatic heterocycles. The number of hydrogen-bond acceptors (Lipinski definition) is 5. The van der Waals surface area contributed by atoms with E-state index in [9.17, 15) is 23.2 Å². The zero-order valence-electron chi connectivity index (χ0n) is 19.9. The first kappa shape index (κ1) is 26.3. The molecule has 0 radical (unpaired) electrons. The third-order valence-electron chi connectivity index (χ3n) is 6.05. The molecule has 10 heteroatoms. The van der Waals surface area contributed by atoms with Crippen molar-refractivity contribution in [2.45, 2.75) is 51.7 Å². The predicted molar refractivity (Wildman–Crippen MR) is 125 cm³/mol. The van der Waals surface area contributed by atoms with E-state index in [-0.39, 0.29) is 24.3 Å². The Labute approximate surface area is 202 Å². The van der Waals surface area contributed by atoms with Crippen LogP contribution in [0, 0.1) is 11.3 Å². The van der Waals surface area contributed by atoms with E-state index in [1.807, 2.05) is 58.0 Å². The fourth-order valence-corrected chi connectivity index (χ4v) is 3.30. The molecule has 1 saturated heterocycles. The lowest BCUT2D eigenvalue weighted by atomic mass is 9.76. The number of ether oxygens (including phenoxy) is 1. The van der Waals surface area contributed by atoms with Crippen LogP contribution in [0.2, 0.25) is 0 Å². The van der Waals surface area contributed by atoms with Crippen LogP contribution in [0.1, 0.15) is 49.9 Å². The average molecular weight is 486 g/mol. The normalized spacial score (nSPS) is 17.1. The summed E-state index contributed by atoms with van der Waals surface area (Å²) in [5, 5.41) is 12.1. The molecule has 0 aliphatic carbocycles. The van der Waals surface area contributed by atoms with Gasteiger partial charge in [0.2, 0.25) is 0 Å². The minimum atomic E-state index is -4.58. The Kier molecular flexibility index (Phi) is 7.63. The van der Waals surface area contributed by atoms with Gasteiger partial charge in [-0.3, -0.25) is 0 Å². The second kappa shape index (κ2) is 10.1. The molecule has 1 N–H and O–H groups in total. The van der Waals surface area contributed by atoms with Crippen LogP contribution < -0.4 is 5.32 Å². The molecule has 0 unspecified atom stereocenters. The molecule has 3 rings (SSSR count). The number of carbonyl (C=O) groups is 1. The molecule has 0 bridgehead atoms. The second-order valence-electron chi connectivity index (χ2n) is 9.13. The number of nitriles is 1. The summed E-state index contributed by atoms with van der Waals surface area (Å²) in [5.74, 6) is 0. The van der Waals surface area contributed by atoms with Crippen molar-refractivity contribution in [2.75, 3.05) is 6.54 Å². The van der Waals surface area contributed by atoms with E-state index in [2.05, 4.69) is 5.32 Å². The number of hydrogen-bond donors (Lipinski definition) is 1. The summed E-state index contributed by atoms with van der Waals surface area (Å²) in [7, 11) is -0.900. The molecule has 1 aliphatic rings. The number of benzene rings is 2. The minimum Gasteiger partial charge on any atom is -0.445 e. The van der Waals surface area contributed by atoms with Crippen LogP contribution in [-0.2, 0) is 26.8 Å². The van der Waals surface area contributed by atoms with E-state index in [4.69, 9.17) is 14.0 Å². The molecular weight excluding hydrogens is 460 g/mol. The van der Waals surface area contributed by atoms with Gasteiger partial charge in [0.1, 0.15) is 6.61 Å². The summed E-state index contributed by atoms with van der Waals surface area (Å²) >= 11 is 0. The molecule has 0 atom stereocenters. The van der Waals surface area contributed by atoms with Gasteiger partial charge in [-0.2, -0.15) is 18.4 Å². The molecule has 2 aromatic rings. The number of halogens is 3. The minimum absolute atomic E-state index is 0.0691. The van der Waals surface area contributed by atoms with Gasteiger partial charge >= 0.3 is 19.4 Å². The Bertz CT molecular complexity index is 1130. The maximum absolute atomic E-state index is 13.1. The van der Waals surface area contributed by atoms with Crippen molar-refractivity contribution in [1.29, 1.82) is 5.26 Å². The highest BCUT2D eigenvalue weighted by atomic mass is 19.4. The van der Waals surface area contributed by atoms with Gasteiger partial charge in [-0.15, -0.1) is 0 Å². The third-order valence-corrected chi connectivity index (χ3v) is 6.05. The van der Waals surface area contributed by atoms with Gasteiger partial charge in [0, 0.05) is 6.54 Å². The molecule has 0 aromatic heterocycles. The first-order chi connectivity index (χ1) is 16.3. The van der Waals surface area contributed by atoms with Crippen LogP contribution in [0.15, 0.2) is 54.0 Å². The third kappa shape index (κ3) is 6.44. The summed E-state index contributed by atoms with van der Waals surface area (Å²) in [6.07, 6.45) is -3.77. The quantitative estimate of drug-likeness (QED) is 0.544. The van der Waals surface area contributed by atoms with E-state index in [0.717, 1.165) is 17.7 Å². The van der Waals surface area contributed by atoms with Crippen LogP contribution in [0.3, 0.4) is 0 Å². The van der Waals surface area contributed by atoms with Crippen LogP contribution in [0.25, 0.3) is 6.08 Å². The Hall–Kier alpha value is -3.29. The van der Waals surface area contributed by atoms with Crippen molar-refractivity contribution in [2.24, 2.45) is 0 Å². The standard InChI is InChI=1S/C25H26BF3N2O4/c1-23(2)24(3,4)35-26(34-23)21(15-31-22(32)33-16-17-8-6-5-7-9-17)13-18-10-11-20(25(27,28)29)12-19(18)14-30/h5-13H,15-16H2,1-4H3,(H,31,32). The number of rotatable bonds is 6. The highest BCUT2D eigenvalue weighted by Crippen LogP contribution is 2.39. The van der Waals surface area contributed by atoms with Crippen LogP contribution in [0.5, 0.6) is 0 Å². The number of amides is 1. The summed E-state index contributed by atoms with van der Waals surface area (Å²) < 4.78 is 56.6. The zero-order valence-corrected chi connectivity index (χ0v) is 19.9. The fourth-order valence-electron chi connectivity index (χ4n) is 3.30. The molecule has 0 saturated carbocycles. The maximum Gasteiger partial charge on any atom is 0.492 e. The lowest BCUT2D eigenvalue weighted by molar-refractivity contribution is -0.137. The van der Waals surface area contributed by atoms with Gasteiger partial charge < -0.3 is 19.4 Å². The Morgan fingerprint density at radius 3 is 2.31 bits per heavy atom. The van der Waals surface area contributed by atoms with Crippen molar-refractivity contribution in [3.05, 3.63) is 76.3 Å². The van der Waals surface area contributed by atoms with Crippen molar-refractivity contribution in [3.8, 4) is 6.07 Å². The molecular formula is C25H26BF3N2O4. The lowest BCUT2D eigenvalue weighted by Gasteiger charge is -2.32. The second-order valence-corrected chi connectivity index (χ2v) is 9.13. The maximum atomic E-state index is 13.1. The van der Waals surface area contributed by atoms with E-state index in [1.165, 1.54) is 12.1 Å². The predicted octanol–water partition coefficient (Wildman–Crippen LogP) is 5.52. The van der Waals surface area contributed by atoms with Crippen molar-refractivity contribution >= 4 is 19.3 Å². The highest BCUT2D eigenvalue weighted by Gasteiger charge is 2.52. The largest absolute Gasteiger partial charge is 0.492 e. The topological polar surface area (TPSA) is 80.6 Å². The van der Waals surface area contributed by atoms with Crippen molar-refractivity contribution < 1.29 is 32.0 Å². The Morgan fingerprint density at radius 2 is 1.74 bits per heavy atom. The van der Waals surface area contributed by atoms with E-state index in [0.29, 0.717) is 5.47 Å². The smallest absolute Gasteiger partial charge is 0.445 e. The van der Waals surface area contributed by atoms with E-state index >= 15 is 0 Å². The molecule has 184 valence electrons. The molecule has 2 aromatic carbocycles. The number of alkyl halides is 3. The van der Waals surface area contributed by atoms with Gasteiger partial charge in [-0.1, -0.05) is 42.5 Å². The Balaban J connectivity index is 1.84. The fraction of sp³-hybridized carbons (Fsp3) is 0.360. The Morgan fingerprint density at radius 1 is 1.11 bits per heavy atom. The summed E-state index contributed by atoms with van der Waals surface area (Å²) in [6, 6.07) is 13.8. The lowest BCUT2D eigenvalue weighted by Crippen LogP contribution is -2.41. The molecule has 0 spiro atoms. The molecule has 35 heavy (non-hydrogen) atoms. The molecule has 1 amide bonds. The highest BCUT2D eigenvalue weighted by molar-refractivity contribution is 6.56. The molecule has 6 nitrogen and oxygen atoms in total. The number of nitrogens with one attached hydrogen (secondary N) is 1. The first-order valence-corrected chi connectivity index (χ1v) is 10.9. The zero-order chi connectivity index (χ0) is 25.9. The number of nitrogens with zero attached hydrogens (tertiary/aromatic N) is 1. The summed E-state index contributed by atoms with van der Waals surface area (Å²) in [6.45, 7) is 7.40. The monoisotopic (exact) mass is 486 g/mol. The first-order valence-electron chi connectivity index (χ1n) is 10.9. The van der Waals surface area contributed by atoms with Crippen molar-refractivity contribution in [3.63, 3.8) is 0 Å². The van der Waals surface area contributed by atoms with Crippen molar-refractivity contribution in [1.82, 2.24) is 5.32 Å². The number of alkyl carbamates (subject to hydrolysis) is 1. The summed E-state index contributed by atoms with van der Waals surface area (Å²) in [5.41, 5.74) is -1.01. The summed E-state index contributed by atoms with van der Waals surface area (Å²) in [4.78, 5) is 12.3. The van der Waals surface area contributed by atoms with Crippen LogP contribution in [0.4, 0.5) is 18.0 Å². The van der Waals surface area contributed by atoms with Gasteiger partial charge in [-0.25, -0.2) is 4.79 Å². The van der Waals surface area contributed by atoms with Gasteiger partial charge in [0.05, 0.1) is 28.4 Å². The van der Waals surface area contributed by atoms with E-state index < -0.39 is 36.2 Å². The van der Waals surface area contributed by atoms with Gasteiger partial charge in [0.25, 0.3) is 0 Å². The molecule has 1 heterocycles. The molecule has 1 fully saturated rings. The SMILES string of the molecule is CC1(C)OB(C(=Cc2ccc(C(F)(F)F)cc2C#N)CNC(=O)OCc2ccccc2)OC1(C)C. The number of carbonyl (C=O) groups excluding carboxylic acids is 1. The average Bonchev–Trinajstić information content (AvgIpc) is 3.01.